The van der Waals surface area contributed by atoms with Crippen molar-refractivity contribution in [1.29, 1.82) is 0 Å². The molecule has 7 heteroatoms. The molecule has 140 valence electrons. The van der Waals surface area contributed by atoms with Gasteiger partial charge < -0.3 is 15.0 Å². The number of para-hydroxylation sites is 2. The van der Waals surface area contributed by atoms with E-state index in [1.807, 2.05) is 45.0 Å². The van der Waals surface area contributed by atoms with Gasteiger partial charge in [0.1, 0.15) is 5.60 Å². The Morgan fingerprint density at radius 1 is 1.27 bits per heavy atom. The maximum atomic E-state index is 12.0. The van der Waals surface area contributed by atoms with Crippen LogP contribution in [0.4, 0.5) is 10.6 Å². The molecule has 0 radical (unpaired) electrons. The Labute approximate surface area is 158 Å². The van der Waals surface area contributed by atoms with Gasteiger partial charge in [0.05, 0.1) is 11.0 Å². The molecule has 1 aromatic carbocycles. The van der Waals surface area contributed by atoms with Gasteiger partial charge >= 0.3 is 6.09 Å². The lowest BCUT2D eigenvalue weighted by molar-refractivity contribution is 0.0523. The van der Waals surface area contributed by atoms with Crippen LogP contribution in [0, 0.1) is 0 Å². The Morgan fingerprint density at radius 3 is 2.65 bits per heavy atom. The fourth-order valence-corrected chi connectivity index (χ4v) is 3.40. The first-order chi connectivity index (χ1) is 12.3. The molecule has 0 spiro atoms. The van der Waals surface area contributed by atoms with Crippen LogP contribution in [0.1, 0.15) is 40.0 Å². The lowest BCUT2D eigenvalue weighted by Gasteiger charge is -2.37. The molecular weight excluding hydrogens is 352 g/mol. The molecule has 3 rings (SSSR count). The molecule has 1 saturated heterocycles. The maximum Gasteiger partial charge on any atom is 0.407 e. The van der Waals surface area contributed by atoms with Crippen LogP contribution < -0.4 is 10.2 Å². The van der Waals surface area contributed by atoms with Crippen LogP contribution in [0.2, 0.25) is 5.15 Å². The number of carbonyl (C=O) groups excluding carboxylic acids is 1. The standard InChI is InChI=1S/C19H25ClN4O2/c1-19(2,3)26-18(25)21-12-13-8-6-7-11-24(13)17-16(20)22-14-9-4-5-10-15(14)23-17/h4-5,9-10,13H,6-8,11-12H2,1-3H3,(H,21,25)/t13-/m1/s1. The quantitative estimate of drug-likeness (QED) is 0.870. The Morgan fingerprint density at radius 2 is 1.96 bits per heavy atom. The van der Waals surface area contributed by atoms with E-state index in [0.717, 1.165) is 36.8 Å². The molecule has 2 aromatic rings. The van der Waals surface area contributed by atoms with Crippen LogP contribution in [0.15, 0.2) is 24.3 Å². The maximum absolute atomic E-state index is 12.0. The largest absolute Gasteiger partial charge is 0.444 e. The summed E-state index contributed by atoms with van der Waals surface area (Å²) in [4.78, 5) is 23.3. The van der Waals surface area contributed by atoms with Gasteiger partial charge in [0.25, 0.3) is 0 Å². The lowest BCUT2D eigenvalue weighted by Crippen LogP contribution is -2.48. The summed E-state index contributed by atoms with van der Waals surface area (Å²) in [6.45, 7) is 6.88. The van der Waals surface area contributed by atoms with E-state index < -0.39 is 11.7 Å². The number of benzene rings is 1. The number of piperidine rings is 1. The van der Waals surface area contributed by atoms with E-state index in [4.69, 9.17) is 21.3 Å². The van der Waals surface area contributed by atoms with E-state index >= 15 is 0 Å². The minimum atomic E-state index is -0.510. The van der Waals surface area contributed by atoms with Crippen molar-refractivity contribution in [2.75, 3.05) is 18.0 Å². The second-order valence-corrected chi connectivity index (χ2v) is 7.91. The van der Waals surface area contributed by atoms with Crippen molar-refractivity contribution in [3.05, 3.63) is 29.4 Å². The number of rotatable bonds is 3. The molecule has 1 aliphatic heterocycles. The molecule has 0 saturated carbocycles. The number of alkyl carbamates (subject to hydrolysis) is 1. The van der Waals surface area contributed by atoms with Gasteiger partial charge in [0.15, 0.2) is 11.0 Å². The van der Waals surface area contributed by atoms with Crippen LogP contribution >= 0.6 is 11.6 Å². The second kappa shape index (κ2) is 7.66. The average molecular weight is 377 g/mol. The van der Waals surface area contributed by atoms with Crippen molar-refractivity contribution >= 4 is 34.5 Å². The molecule has 1 aliphatic rings. The zero-order chi connectivity index (χ0) is 18.7. The number of nitrogens with zero attached hydrogens (tertiary/aromatic N) is 3. The molecule has 2 heterocycles. The predicted octanol–water partition coefficient (Wildman–Crippen LogP) is 4.17. The Bertz CT molecular complexity index is 791. The van der Waals surface area contributed by atoms with E-state index in [1.54, 1.807) is 0 Å². The summed E-state index contributed by atoms with van der Waals surface area (Å²) in [5.41, 5.74) is 1.08. The van der Waals surface area contributed by atoms with Crippen molar-refractivity contribution in [3.8, 4) is 0 Å². The van der Waals surface area contributed by atoms with Gasteiger partial charge in [-0.1, -0.05) is 23.7 Å². The molecule has 1 aromatic heterocycles. The van der Waals surface area contributed by atoms with Gasteiger partial charge in [0.2, 0.25) is 0 Å². The predicted molar refractivity (Wildman–Crippen MR) is 104 cm³/mol. The number of halogens is 1. The molecule has 0 unspecified atom stereocenters. The summed E-state index contributed by atoms with van der Waals surface area (Å²) in [5, 5.41) is 3.27. The van der Waals surface area contributed by atoms with Gasteiger partial charge in [-0.25, -0.2) is 14.8 Å². The first-order valence-corrected chi connectivity index (χ1v) is 9.37. The Hall–Kier alpha value is -2.08. The third kappa shape index (κ3) is 4.55. The highest BCUT2D eigenvalue weighted by molar-refractivity contribution is 6.32. The molecule has 1 N–H and O–H groups in total. The zero-order valence-corrected chi connectivity index (χ0v) is 16.2. The third-order valence-corrected chi connectivity index (χ3v) is 4.54. The van der Waals surface area contributed by atoms with Gasteiger partial charge in [0, 0.05) is 19.1 Å². The topological polar surface area (TPSA) is 67.3 Å². The minimum absolute atomic E-state index is 0.115. The smallest absolute Gasteiger partial charge is 0.407 e. The van der Waals surface area contributed by atoms with E-state index in [0.29, 0.717) is 17.5 Å². The number of fused-ring (bicyclic) bond motifs is 1. The minimum Gasteiger partial charge on any atom is -0.444 e. The highest BCUT2D eigenvalue weighted by Crippen LogP contribution is 2.30. The average Bonchev–Trinajstić information content (AvgIpc) is 2.58. The Kier molecular flexibility index (Phi) is 5.51. The Balaban J connectivity index is 1.77. The number of ether oxygens (including phenoxy) is 1. The van der Waals surface area contributed by atoms with E-state index in [9.17, 15) is 4.79 Å². The molecule has 6 nitrogen and oxygen atoms in total. The van der Waals surface area contributed by atoms with Crippen LogP contribution in [0.3, 0.4) is 0 Å². The fraction of sp³-hybridized carbons (Fsp3) is 0.526. The van der Waals surface area contributed by atoms with Gasteiger partial charge in [-0.05, 0) is 52.2 Å². The highest BCUT2D eigenvalue weighted by atomic mass is 35.5. The van der Waals surface area contributed by atoms with Gasteiger partial charge in [-0.2, -0.15) is 0 Å². The summed E-state index contributed by atoms with van der Waals surface area (Å²) >= 11 is 6.42. The van der Waals surface area contributed by atoms with Crippen LogP contribution in [-0.4, -0.2) is 40.8 Å². The normalized spacial score (nSPS) is 18.0. The van der Waals surface area contributed by atoms with E-state index in [1.165, 1.54) is 0 Å². The summed E-state index contributed by atoms with van der Waals surface area (Å²) in [7, 11) is 0. The number of nitrogens with one attached hydrogen (secondary N) is 1. The van der Waals surface area contributed by atoms with E-state index in [-0.39, 0.29) is 6.04 Å². The summed E-state index contributed by atoms with van der Waals surface area (Å²) in [6.07, 6.45) is 2.73. The first-order valence-electron chi connectivity index (χ1n) is 8.99. The molecule has 26 heavy (non-hydrogen) atoms. The van der Waals surface area contributed by atoms with Crippen molar-refractivity contribution < 1.29 is 9.53 Å². The molecule has 1 amide bonds. The SMILES string of the molecule is CC(C)(C)OC(=O)NC[C@H]1CCCCN1c1nc2ccccc2nc1Cl. The molecular formula is C19H25ClN4O2. The number of carbonyl (C=O) groups is 1. The fourth-order valence-electron chi connectivity index (χ4n) is 3.16. The zero-order valence-electron chi connectivity index (χ0n) is 15.5. The van der Waals surface area contributed by atoms with Crippen molar-refractivity contribution in [2.24, 2.45) is 0 Å². The van der Waals surface area contributed by atoms with Crippen LogP contribution in [0.25, 0.3) is 11.0 Å². The van der Waals surface area contributed by atoms with Crippen molar-refractivity contribution in [1.82, 2.24) is 15.3 Å². The summed E-state index contributed by atoms with van der Waals surface area (Å²) in [5.74, 6) is 0.682. The van der Waals surface area contributed by atoms with E-state index in [2.05, 4.69) is 15.2 Å². The molecule has 0 aliphatic carbocycles. The second-order valence-electron chi connectivity index (χ2n) is 7.55. The number of amides is 1. The lowest BCUT2D eigenvalue weighted by atomic mass is 10.0. The number of hydrogen-bond donors (Lipinski definition) is 1. The van der Waals surface area contributed by atoms with Gasteiger partial charge in [-0.15, -0.1) is 0 Å². The van der Waals surface area contributed by atoms with Crippen molar-refractivity contribution in [2.45, 2.75) is 51.7 Å². The molecule has 1 atom stereocenters. The third-order valence-electron chi connectivity index (χ3n) is 4.29. The van der Waals surface area contributed by atoms with Crippen LogP contribution in [0.5, 0.6) is 0 Å². The molecule has 0 bridgehead atoms. The van der Waals surface area contributed by atoms with Crippen LogP contribution in [-0.2, 0) is 4.74 Å². The first kappa shape index (κ1) is 18.7. The number of aromatic nitrogens is 2. The summed E-state index contributed by atoms with van der Waals surface area (Å²) < 4.78 is 5.33. The highest BCUT2D eigenvalue weighted by Gasteiger charge is 2.27. The number of hydrogen-bond acceptors (Lipinski definition) is 5. The number of anilines is 1. The van der Waals surface area contributed by atoms with Gasteiger partial charge in [-0.3, -0.25) is 0 Å². The van der Waals surface area contributed by atoms with Crippen molar-refractivity contribution in [3.63, 3.8) is 0 Å². The monoisotopic (exact) mass is 376 g/mol. The molecule has 1 fully saturated rings. The summed E-state index contributed by atoms with van der Waals surface area (Å²) in [6, 6.07) is 7.80.